The number of aryl methyl sites for hydroxylation is 1. The van der Waals surface area contributed by atoms with Gasteiger partial charge in [0, 0.05) is 25.5 Å². The van der Waals surface area contributed by atoms with Gasteiger partial charge in [-0.3, -0.25) is 4.79 Å². The van der Waals surface area contributed by atoms with Crippen molar-refractivity contribution < 1.29 is 9.90 Å². The Morgan fingerprint density at radius 1 is 1.47 bits per heavy atom. The van der Waals surface area contributed by atoms with E-state index < -0.39 is 5.97 Å². The molecule has 0 spiro atoms. The third kappa shape index (κ3) is 3.49. The van der Waals surface area contributed by atoms with Gasteiger partial charge in [0.25, 0.3) is 0 Å². The molecule has 1 saturated carbocycles. The summed E-state index contributed by atoms with van der Waals surface area (Å²) in [5.41, 5.74) is -0.103. The second kappa shape index (κ2) is 6.08. The van der Waals surface area contributed by atoms with Gasteiger partial charge < -0.3 is 15.0 Å². The van der Waals surface area contributed by atoms with Crippen molar-refractivity contribution in [2.75, 3.05) is 11.9 Å². The molecular formula is C14H23N3O2. The smallest absolute Gasteiger partial charge is 0.303 e. The highest BCUT2D eigenvalue weighted by Gasteiger charge is 2.34. The van der Waals surface area contributed by atoms with Gasteiger partial charge in [0.05, 0.1) is 6.42 Å². The van der Waals surface area contributed by atoms with E-state index in [9.17, 15) is 4.79 Å². The summed E-state index contributed by atoms with van der Waals surface area (Å²) in [6, 6.07) is 0. The summed E-state index contributed by atoms with van der Waals surface area (Å²) in [5, 5.41) is 12.5. The molecule has 2 rings (SSSR count). The largest absolute Gasteiger partial charge is 0.481 e. The molecule has 0 aromatic carbocycles. The fourth-order valence-electron chi connectivity index (χ4n) is 3.04. The van der Waals surface area contributed by atoms with Gasteiger partial charge in [-0.25, -0.2) is 4.98 Å². The summed E-state index contributed by atoms with van der Waals surface area (Å²) >= 11 is 0. The quantitative estimate of drug-likeness (QED) is 0.830. The molecular weight excluding hydrogens is 242 g/mol. The predicted molar refractivity (Wildman–Crippen MR) is 74.2 cm³/mol. The molecule has 2 N–H and O–H groups in total. The minimum absolute atomic E-state index is 0.103. The third-order valence-electron chi connectivity index (χ3n) is 4.12. The van der Waals surface area contributed by atoms with Crippen LogP contribution in [0.2, 0.25) is 0 Å². The van der Waals surface area contributed by atoms with Crippen LogP contribution in [0.3, 0.4) is 0 Å². The van der Waals surface area contributed by atoms with E-state index in [4.69, 9.17) is 5.11 Å². The number of rotatable bonds is 6. The van der Waals surface area contributed by atoms with Crippen LogP contribution in [-0.4, -0.2) is 27.2 Å². The lowest BCUT2D eigenvalue weighted by molar-refractivity contribution is -0.140. The number of nitrogens with zero attached hydrogens (tertiary/aromatic N) is 2. The SMILES string of the molecule is CCn1ccnc1NCC1(CC(=O)O)CCCCC1. The first-order valence-corrected chi connectivity index (χ1v) is 7.12. The van der Waals surface area contributed by atoms with E-state index in [-0.39, 0.29) is 11.8 Å². The van der Waals surface area contributed by atoms with E-state index in [2.05, 4.69) is 17.2 Å². The van der Waals surface area contributed by atoms with E-state index in [0.29, 0.717) is 6.54 Å². The molecule has 1 fully saturated rings. The van der Waals surface area contributed by atoms with Crippen molar-refractivity contribution >= 4 is 11.9 Å². The number of imidazole rings is 1. The van der Waals surface area contributed by atoms with E-state index in [0.717, 1.165) is 38.2 Å². The number of anilines is 1. The number of aliphatic carboxylic acids is 1. The summed E-state index contributed by atoms with van der Waals surface area (Å²) in [7, 11) is 0. The van der Waals surface area contributed by atoms with Crippen molar-refractivity contribution in [1.82, 2.24) is 9.55 Å². The zero-order valence-corrected chi connectivity index (χ0v) is 11.6. The fraction of sp³-hybridized carbons (Fsp3) is 0.714. The zero-order chi connectivity index (χ0) is 13.7. The molecule has 1 aromatic rings. The molecule has 0 atom stereocenters. The lowest BCUT2D eigenvalue weighted by Gasteiger charge is -2.36. The van der Waals surface area contributed by atoms with Gasteiger partial charge in [0.2, 0.25) is 5.95 Å². The standard InChI is InChI=1S/C14H23N3O2/c1-2-17-9-8-15-13(17)16-11-14(10-12(18)19)6-4-3-5-7-14/h8-9H,2-7,10-11H2,1H3,(H,15,16)(H,18,19). The van der Waals surface area contributed by atoms with Crippen molar-refractivity contribution in [2.24, 2.45) is 5.41 Å². The Balaban J connectivity index is 2.02. The minimum Gasteiger partial charge on any atom is -0.481 e. The van der Waals surface area contributed by atoms with Gasteiger partial charge in [-0.15, -0.1) is 0 Å². The summed E-state index contributed by atoms with van der Waals surface area (Å²) in [5.74, 6) is 0.153. The molecule has 5 heteroatoms. The maximum Gasteiger partial charge on any atom is 0.303 e. The predicted octanol–water partition coefficient (Wildman–Crippen LogP) is 2.74. The summed E-state index contributed by atoms with van der Waals surface area (Å²) in [4.78, 5) is 15.4. The number of carboxylic acids is 1. The maximum atomic E-state index is 11.1. The topological polar surface area (TPSA) is 67.2 Å². The number of hydrogen-bond donors (Lipinski definition) is 2. The van der Waals surface area contributed by atoms with Crippen LogP contribution in [0.1, 0.15) is 45.4 Å². The number of nitrogens with one attached hydrogen (secondary N) is 1. The molecule has 106 valence electrons. The van der Waals surface area contributed by atoms with Crippen LogP contribution in [-0.2, 0) is 11.3 Å². The summed E-state index contributed by atoms with van der Waals surface area (Å²) in [6.45, 7) is 3.64. The highest BCUT2D eigenvalue weighted by atomic mass is 16.4. The summed E-state index contributed by atoms with van der Waals surface area (Å²) < 4.78 is 2.04. The van der Waals surface area contributed by atoms with Crippen LogP contribution in [0.15, 0.2) is 12.4 Å². The van der Waals surface area contributed by atoms with E-state index >= 15 is 0 Å². The van der Waals surface area contributed by atoms with Crippen molar-refractivity contribution in [3.63, 3.8) is 0 Å². The molecule has 1 aromatic heterocycles. The maximum absolute atomic E-state index is 11.1. The van der Waals surface area contributed by atoms with Gasteiger partial charge in [0.1, 0.15) is 0 Å². The lowest BCUT2D eigenvalue weighted by atomic mass is 9.72. The average Bonchev–Trinajstić information content (AvgIpc) is 2.84. The number of aromatic nitrogens is 2. The first-order chi connectivity index (χ1) is 9.15. The van der Waals surface area contributed by atoms with Gasteiger partial charge in [-0.05, 0) is 25.2 Å². The van der Waals surface area contributed by atoms with Gasteiger partial charge in [-0.2, -0.15) is 0 Å². The molecule has 19 heavy (non-hydrogen) atoms. The first kappa shape index (κ1) is 13.9. The highest BCUT2D eigenvalue weighted by Crippen LogP contribution is 2.39. The normalized spacial score (nSPS) is 18.2. The number of carbonyl (C=O) groups is 1. The molecule has 0 saturated heterocycles. The Bertz CT molecular complexity index is 422. The van der Waals surface area contributed by atoms with Crippen molar-refractivity contribution in [3.8, 4) is 0 Å². The minimum atomic E-state index is -0.692. The Morgan fingerprint density at radius 3 is 2.84 bits per heavy atom. The fourth-order valence-corrected chi connectivity index (χ4v) is 3.04. The van der Waals surface area contributed by atoms with Gasteiger partial charge in [0.15, 0.2) is 0 Å². The Kier molecular flexibility index (Phi) is 4.45. The highest BCUT2D eigenvalue weighted by molar-refractivity contribution is 5.67. The van der Waals surface area contributed by atoms with Crippen LogP contribution >= 0.6 is 0 Å². The van der Waals surface area contributed by atoms with Crippen LogP contribution in [0.5, 0.6) is 0 Å². The second-order valence-electron chi connectivity index (χ2n) is 5.52. The summed E-state index contributed by atoms with van der Waals surface area (Å²) in [6.07, 6.45) is 9.47. The van der Waals surface area contributed by atoms with Gasteiger partial charge >= 0.3 is 5.97 Å². The average molecular weight is 265 g/mol. The first-order valence-electron chi connectivity index (χ1n) is 7.12. The van der Waals surface area contributed by atoms with Crippen LogP contribution < -0.4 is 5.32 Å². The van der Waals surface area contributed by atoms with Crippen molar-refractivity contribution in [1.29, 1.82) is 0 Å². The molecule has 0 radical (unpaired) electrons. The number of carboxylic acid groups (broad SMARTS) is 1. The molecule has 0 unspecified atom stereocenters. The van der Waals surface area contributed by atoms with Crippen molar-refractivity contribution in [2.45, 2.75) is 52.0 Å². The van der Waals surface area contributed by atoms with Crippen LogP contribution in [0.4, 0.5) is 5.95 Å². The Labute approximate surface area is 114 Å². The van der Waals surface area contributed by atoms with Crippen molar-refractivity contribution in [3.05, 3.63) is 12.4 Å². The van der Waals surface area contributed by atoms with E-state index in [1.165, 1.54) is 6.42 Å². The molecule has 0 bridgehead atoms. The van der Waals surface area contributed by atoms with Gasteiger partial charge in [-0.1, -0.05) is 19.3 Å². The van der Waals surface area contributed by atoms with E-state index in [1.54, 1.807) is 6.20 Å². The molecule has 1 aliphatic rings. The zero-order valence-electron chi connectivity index (χ0n) is 11.6. The van der Waals surface area contributed by atoms with Crippen LogP contribution in [0, 0.1) is 5.41 Å². The van der Waals surface area contributed by atoms with Crippen LogP contribution in [0.25, 0.3) is 0 Å². The second-order valence-corrected chi connectivity index (χ2v) is 5.52. The monoisotopic (exact) mass is 265 g/mol. The molecule has 1 aliphatic carbocycles. The molecule has 5 nitrogen and oxygen atoms in total. The number of hydrogen-bond acceptors (Lipinski definition) is 3. The Morgan fingerprint density at radius 2 is 2.21 bits per heavy atom. The lowest BCUT2D eigenvalue weighted by Crippen LogP contribution is -2.35. The molecule has 1 heterocycles. The van der Waals surface area contributed by atoms with E-state index in [1.807, 2.05) is 10.8 Å². The molecule has 0 aliphatic heterocycles. The molecule has 0 amide bonds. The Hall–Kier alpha value is -1.52. The third-order valence-corrected chi connectivity index (χ3v) is 4.12.